The smallest absolute Gasteiger partial charge is 0.0761 e. The van der Waals surface area contributed by atoms with Crippen LogP contribution in [0, 0.1) is 5.92 Å². The van der Waals surface area contributed by atoms with Gasteiger partial charge >= 0.3 is 0 Å². The van der Waals surface area contributed by atoms with Gasteiger partial charge in [0.05, 0.1) is 6.10 Å². The first kappa shape index (κ1) is 12.4. The fourth-order valence-corrected chi connectivity index (χ4v) is 2.14. The molecule has 1 aromatic carbocycles. The van der Waals surface area contributed by atoms with E-state index < -0.39 is 0 Å². The second-order valence-electron chi connectivity index (χ2n) is 5.46. The van der Waals surface area contributed by atoms with Crippen LogP contribution in [0.15, 0.2) is 24.3 Å². The van der Waals surface area contributed by atoms with E-state index in [1.54, 1.807) is 6.92 Å². The highest BCUT2D eigenvalue weighted by Gasteiger charge is 2.25. The number of benzene rings is 1. The van der Waals surface area contributed by atoms with Gasteiger partial charge in [0.25, 0.3) is 0 Å². The fourth-order valence-electron chi connectivity index (χ4n) is 2.14. The molecule has 0 heterocycles. The lowest BCUT2D eigenvalue weighted by atomic mass is 10.1. The van der Waals surface area contributed by atoms with Gasteiger partial charge < -0.3 is 10.0 Å². The maximum atomic E-state index is 9.50. The minimum Gasteiger partial charge on any atom is -0.389 e. The Balaban J connectivity index is 2.11. The lowest BCUT2D eigenvalue weighted by Gasteiger charge is -2.29. The summed E-state index contributed by atoms with van der Waals surface area (Å²) in [6, 6.07) is 8.85. The number of anilines is 1. The Morgan fingerprint density at radius 2 is 1.76 bits per heavy atom. The molecule has 17 heavy (non-hydrogen) atoms. The molecule has 2 heteroatoms. The van der Waals surface area contributed by atoms with Crippen molar-refractivity contribution in [3.05, 3.63) is 29.8 Å². The van der Waals surface area contributed by atoms with Crippen LogP contribution in [0.1, 0.15) is 45.3 Å². The molecule has 0 aromatic heterocycles. The Hall–Kier alpha value is -1.02. The van der Waals surface area contributed by atoms with Crippen LogP contribution in [0.25, 0.3) is 0 Å². The highest BCUT2D eigenvalue weighted by molar-refractivity contribution is 5.48. The van der Waals surface area contributed by atoms with Crippen LogP contribution in [-0.4, -0.2) is 17.7 Å². The van der Waals surface area contributed by atoms with E-state index in [-0.39, 0.29) is 6.10 Å². The molecule has 0 amide bonds. The number of aliphatic hydroxyl groups is 1. The topological polar surface area (TPSA) is 23.5 Å². The van der Waals surface area contributed by atoms with Gasteiger partial charge in [0.1, 0.15) is 0 Å². The van der Waals surface area contributed by atoms with Crippen molar-refractivity contribution in [1.82, 2.24) is 0 Å². The Kier molecular flexibility index (Phi) is 3.72. The first-order chi connectivity index (χ1) is 8.08. The van der Waals surface area contributed by atoms with E-state index in [9.17, 15) is 5.11 Å². The molecule has 94 valence electrons. The number of rotatable bonds is 5. The maximum Gasteiger partial charge on any atom is 0.0761 e. The number of nitrogens with zero attached hydrogens (tertiary/aromatic N) is 1. The molecular weight excluding hydrogens is 210 g/mol. The average Bonchev–Trinajstić information content (AvgIpc) is 3.09. The van der Waals surface area contributed by atoms with Crippen molar-refractivity contribution >= 4 is 5.69 Å². The quantitative estimate of drug-likeness (QED) is 0.843. The fraction of sp³-hybridized carbons (Fsp3) is 0.600. The van der Waals surface area contributed by atoms with E-state index >= 15 is 0 Å². The van der Waals surface area contributed by atoms with Crippen LogP contribution in [0.4, 0.5) is 5.69 Å². The van der Waals surface area contributed by atoms with E-state index in [1.165, 1.54) is 25.1 Å². The van der Waals surface area contributed by atoms with E-state index in [2.05, 4.69) is 30.9 Å². The van der Waals surface area contributed by atoms with Crippen molar-refractivity contribution in [1.29, 1.82) is 0 Å². The van der Waals surface area contributed by atoms with E-state index in [0.29, 0.717) is 6.04 Å². The lowest BCUT2D eigenvalue weighted by molar-refractivity contribution is 0.199. The summed E-state index contributed by atoms with van der Waals surface area (Å²) >= 11 is 0. The summed E-state index contributed by atoms with van der Waals surface area (Å²) in [6.07, 6.45) is 2.39. The van der Waals surface area contributed by atoms with Gasteiger partial charge in [-0.25, -0.2) is 0 Å². The molecule has 1 saturated carbocycles. The van der Waals surface area contributed by atoms with Crippen molar-refractivity contribution in [2.45, 2.75) is 45.8 Å². The van der Waals surface area contributed by atoms with Gasteiger partial charge in [-0.2, -0.15) is 0 Å². The van der Waals surface area contributed by atoms with E-state index in [4.69, 9.17) is 0 Å². The Labute approximate surface area is 104 Å². The van der Waals surface area contributed by atoms with Gasteiger partial charge in [-0.05, 0) is 57.2 Å². The van der Waals surface area contributed by atoms with Gasteiger partial charge in [0, 0.05) is 18.3 Å². The molecule has 0 unspecified atom stereocenters. The van der Waals surface area contributed by atoms with Crippen LogP contribution >= 0.6 is 0 Å². The highest BCUT2D eigenvalue weighted by atomic mass is 16.3. The number of hydrogen-bond donors (Lipinski definition) is 1. The summed E-state index contributed by atoms with van der Waals surface area (Å²) in [5.74, 6) is 0.897. The minimum absolute atomic E-state index is 0.375. The summed E-state index contributed by atoms with van der Waals surface area (Å²) in [5.41, 5.74) is 2.26. The monoisotopic (exact) mass is 233 g/mol. The predicted molar refractivity (Wildman–Crippen MR) is 72.3 cm³/mol. The van der Waals surface area contributed by atoms with Crippen LogP contribution < -0.4 is 4.90 Å². The van der Waals surface area contributed by atoms with Crippen molar-refractivity contribution in [2.24, 2.45) is 5.92 Å². The third-order valence-corrected chi connectivity index (χ3v) is 3.48. The van der Waals surface area contributed by atoms with E-state index in [1.807, 2.05) is 12.1 Å². The molecular formula is C15H23NO. The maximum absolute atomic E-state index is 9.50. The zero-order valence-electron chi connectivity index (χ0n) is 11.1. The lowest BCUT2D eigenvalue weighted by Crippen LogP contribution is -2.32. The largest absolute Gasteiger partial charge is 0.389 e. The normalized spacial score (nSPS) is 17.2. The molecule has 1 aliphatic carbocycles. The number of hydrogen-bond acceptors (Lipinski definition) is 2. The average molecular weight is 233 g/mol. The van der Waals surface area contributed by atoms with E-state index in [0.717, 1.165) is 11.5 Å². The Morgan fingerprint density at radius 1 is 1.18 bits per heavy atom. The minimum atomic E-state index is -0.375. The van der Waals surface area contributed by atoms with Gasteiger partial charge in [0.15, 0.2) is 0 Å². The van der Waals surface area contributed by atoms with Gasteiger partial charge in [-0.15, -0.1) is 0 Å². The molecule has 1 atom stereocenters. The second-order valence-corrected chi connectivity index (χ2v) is 5.46. The predicted octanol–water partition coefficient (Wildman–Crippen LogP) is 3.36. The zero-order chi connectivity index (χ0) is 12.4. The van der Waals surface area contributed by atoms with Crippen molar-refractivity contribution in [3.63, 3.8) is 0 Å². The molecule has 2 nitrogen and oxygen atoms in total. The van der Waals surface area contributed by atoms with Crippen molar-refractivity contribution in [3.8, 4) is 0 Å². The van der Waals surface area contributed by atoms with Crippen LogP contribution in [0.2, 0.25) is 0 Å². The molecule has 2 rings (SSSR count). The van der Waals surface area contributed by atoms with Gasteiger partial charge in [-0.1, -0.05) is 12.1 Å². The molecule has 0 bridgehead atoms. The van der Waals surface area contributed by atoms with Crippen LogP contribution in [-0.2, 0) is 0 Å². The first-order valence-electron chi connectivity index (χ1n) is 6.62. The van der Waals surface area contributed by atoms with Crippen LogP contribution in [0.5, 0.6) is 0 Å². The van der Waals surface area contributed by atoms with Crippen molar-refractivity contribution in [2.75, 3.05) is 11.4 Å². The molecule has 1 N–H and O–H groups in total. The Bertz CT molecular complexity index is 352. The summed E-state index contributed by atoms with van der Waals surface area (Å²) in [5, 5.41) is 9.50. The molecule has 1 fully saturated rings. The van der Waals surface area contributed by atoms with Crippen molar-refractivity contribution < 1.29 is 5.11 Å². The highest BCUT2D eigenvalue weighted by Crippen LogP contribution is 2.32. The Morgan fingerprint density at radius 3 is 2.18 bits per heavy atom. The molecule has 1 aromatic rings. The summed E-state index contributed by atoms with van der Waals surface area (Å²) in [4.78, 5) is 2.46. The standard InChI is InChI=1S/C15H23NO/c1-11(2)16(10-13-4-5-13)15-8-6-14(7-9-15)12(3)17/h6-9,11-13,17H,4-5,10H2,1-3H3/t12-/m1/s1. The SMILES string of the molecule is CC(C)N(CC1CC1)c1ccc([C@@H](C)O)cc1. The third-order valence-electron chi connectivity index (χ3n) is 3.48. The molecule has 0 spiro atoms. The zero-order valence-corrected chi connectivity index (χ0v) is 11.1. The summed E-state index contributed by atoms with van der Waals surface area (Å²) < 4.78 is 0. The third kappa shape index (κ3) is 3.22. The molecule has 0 aliphatic heterocycles. The molecule has 0 saturated heterocycles. The summed E-state index contributed by atoms with van der Waals surface area (Å²) in [6.45, 7) is 7.46. The van der Waals surface area contributed by atoms with Crippen LogP contribution in [0.3, 0.4) is 0 Å². The molecule has 0 radical (unpaired) electrons. The second kappa shape index (κ2) is 5.09. The van der Waals surface area contributed by atoms with Gasteiger partial charge in [-0.3, -0.25) is 0 Å². The van der Waals surface area contributed by atoms with Gasteiger partial charge in [0.2, 0.25) is 0 Å². The first-order valence-corrected chi connectivity index (χ1v) is 6.62. The molecule has 1 aliphatic rings. The summed E-state index contributed by atoms with van der Waals surface area (Å²) in [7, 11) is 0. The number of aliphatic hydroxyl groups excluding tert-OH is 1.